The highest BCUT2D eigenvalue weighted by molar-refractivity contribution is 7.99. The van der Waals surface area contributed by atoms with Gasteiger partial charge in [-0.25, -0.2) is 0 Å². The molecule has 1 heterocycles. The summed E-state index contributed by atoms with van der Waals surface area (Å²) in [6, 6.07) is 14.7. The normalized spacial score (nSPS) is 16.0. The first-order chi connectivity index (χ1) is 11.6. The fourth-order valence-corrected chi connectivity index (χ4v) is 4.19. The van der Waals surface area contributed by atoms with Crippen LogP contribution in [0.3, 0.4) is 0 Å². The molecule has 3 nitrogen and oxygen atoms in total. The molecule has 24 heavy (non-hydrogen) atoms. The second-order valence-electron chi connectivity index (χ2n) is 5.87. The third-order valence-electron chi connectivity index (χ3n) is 4.30. The molecule has 0 unspecified atom stereocenters. The van der Waals surface area contributed by atoms with Crippen LogP contribution in [0.5, 0.6) is 5.75 Å². The maximum Gasteiger partial charge on any atom is 0.223 e. The van der Waals surface area contributed by atoms with E-state index in [1.165, 1.54) is 0 Å². The van der Waals surface area contributed by atoms with Gasteiger partial charge in [0.15, 0.2) is 0 Å². The minimum atomic E-state index is -0.159. The zero-order valence-electron chi connectivity index (χ0n) is 13.3. The number of phenolic OH excluding ortho intramolecular Hbond substituents is 1. The lowest BCUT2D eigenvalue weighted by Crippen LogP contribution is -2.38. The molecule has 1 fully saturated rings. The molecule has 2 aromatic carbocycles. The van der Waals surface area contributed by atoms with Crippen LogP contribution in [0.15, 0.2) is 48.5 Å². The maximum atomic E-state index is 12.8. The summed E-state index contributed by atoms with van der Waals surface area (Å²) in [5.74, 6) is 2.17. The third-order valence-corrected chi connectivity index (χ3v) is 5.58. The van der Waals surface area contributed by atoms with E-state index in [-0.39, 0.29) is 17.6 Å². The van der Waals surface area contributed by atoms with Crippen LogP contribution in [-0.2, 0) is 4.79 Å². The second-order valence-corrected chi connectivity index (χ2v) is 7.50. The Morgan fingerprint density at radius 1 is 1.17 bits per heavy atom. The predicted molar refractivity (Wildman–Crippen MR) is 99.9 cm³/mol. The number of halogens is 1. The van der Waals surface area contributed by atoms with Crippen LogP contribution in [-0.4, -0.2) is 40.5 Å². The SMILES string of the molecule is O=C(C[C@H](c1cccc(O)c1)c1ccccc1Cl)N1CCSCC1. The van der Waals surface area contributed by atoms with Crippen LogP contribution in [0.2, 0.25) is 5.02 Å². The van der Waals surface area contributed by atoms with Crippen LogP contribution < -0.4 is 0 Å². The van der Waals surface area contributed by atoms with Crippen molar-refractivity contribution in [2.45, 2.75) is 12.3 Å². The zero-order chi connectivity index (χ0) is 16.9. The molecule has 0 saturated carbocycles. The molecule has 0 radical (unpaired) electrons. The monoisotopic (exact) mass is 361 g/mol. The molecular weight excluding hydrogens is 342 g/mol. The van der Waals surface area contributed by atoms with Crippen molar-refractivity contribution in [2.75, 3.05) is 24.6 Å². The summed E-state index contributed by atoms with van der Waals surface area (Å²) in [7, 11) is 0. The van der Waals surface area contributed by atoms with E-state index in [1.807, 2.05) is 47.0 Å². The highest BCUT2D eigenvalue weighted by atomic mass is 35.5. The molecule has 0 aliphatic carbocycles. The van der Waals surface area contributed by atoms with Gasteiger partial charge < -0.3 is 10.0 Å². The lowest BCUT2D eigenvalue weighted by atomic mass is 9.88. The molecule has 0 bridgehead atoms. The lowest BCUT2D eigenvalue weighted by Gasteiger charge is -2.29. The van der Waals surface area contributed by atoms with Crippen LogP contribution in [0.1, 0.15) is 23.5 Å². The maximum absolute atomic E-state index is 12.8. The van der Waals surface area contributed by atoms with Crippen LogP contribution in [0.4, 0.5) is 0 Å². The number of carbonyl (C=O) groups excluding carboxylic acids is 1. The van der Waals surface area contributed by atoms with Crippen molar-refractivity contribution < 1.29 is 9.90 Å². The summed E-state index contributed by atoms with van der Waals surface area (Å²) in [5, 5.41) is 10.5. The van der Waals surface area contributed by atoms with Crippen molar-refractivity contribution in [2.24, 2.45) is 0 Å². The van der Waals surface area contributed by atoms with Gasteiger partial charge in [-0.15, -0.1) is 0 Å². The number of hydrogen-bond donors (Lipinski definition) is 1. The molecule has 1 N–H and O–H groups in total. The summed E-state index contributed by atoms with van der Waals surface area (Å²) in [4.78, 5) is 14.7. The van der Waals surface area contributed by atoms with Gasteiger partial charge in [0.1, 0.15) is 5.75 Å². The van der Waals surface area contributed by atoms with Crippen molar-refractivity contribution in [1.82, 2.24) is 4.90 Å². The molecule has 2 aromatic rings. The van der Waals surface area contributed by atoms with Crippen molar-refractivity contribution in [3.05, 3.63) is 64.7 Å². The fourth-order valence-electron chi connectivity index (χ4n) is 3.02. The topological polar surface area (TPSA) is 40.5 Å². The molecule has 1 aliphatic heterocycles. The molecule has 1 aliphatic rings. The minimum Gasteiger partial charge on any atom is -0.508 e. The van der Waals surface area contributed by atoms with Gasteiger partial charge in [-0.2, -0.15) is 11.8 Å². The van der Waals surface area contributed by atoms with Gasteiger partial charge in [0.05, 0.1) is 0 Å². The molecule has 126 valence electrons. The van der Waals surface area contributed by atoms with Crippen LogP contribution in [0, 0.1) is 0 Å². The zero-order valence-corrected chi connectivity index (χ0v) is 14.9. The van der Waals surface area contributed by atoms with Gasteiger partial charge in [0, 0.05) is 42.0 Å². The summed E-state index contributed by atoms with van der Waals surface area (Å²) in [6.07, 6.45) is 0.359. The summed E-state index contributed by atoms with van der Waals surface area (Å²) in [5.41, 5.74) is 1.83. The Bertz CT molecular complexity index is 716. The fraction of sp³-hybridized carbons (Fsp3) is 0.316. The molecule has 3 rings (SSSR count). The van der Waals surface area contributed by atoms with E-state index < -0.39 is 0 Å². The van der Waals surface area contributed by atoms with Gasteiger partial charge in [-0.05, 0) is 29.3 Å². The van der Waals surface area contributed by atoms with E-state index in [0.717, 1.165) is 35.7 Å². The highest BCUT2D eigenvalue weighted by Crippen LogP contribution is 2.34. The average molecular weight is 362 g/mol. The standard InChI is InChI=1S/C19H20ClNO2S/c20-18-7-2-1-6-16(18)17(14-4-3-5-15(22)12-14)13-19(23)21-8-10-24-11-9-21/h1-7,12,17,22H,8-11,13H2/t17-/m1/s1. The van der Waals surface area contributed by atoms with E-state index in [4.69, 9.17) is 11.6 Å². The molecule has 1 atom stereocenters. The smallest absolute Gasteiger partial charge is 0.223 e. The number of thioether (sulfide) groups is 1. The van der Waals surface area contributed by atoms with Gasteiger partial charge >= 0.3 is 0 Å². The first-order valence-electron chi connectivity index (χ1n) is 8.04. The molecular formula is C19H20ClNO2S. The number of rotatable bonds is 4. The van der Waals surface area contributed by atoms with E-state index in [1.54, 1.807) is 18.2 Å². The predicted octanol–water partition coefficient (Wildman–Crippen LogP) is 4.14. The van der Waals surface area contributed by atoms with Crippen molar-refractivity contribution >= 4 is 29.3 Å². The van der Waals surface area contributed by atoms with E-state index >= 15 is 0 Å². The summed E-state index contributed by atoms with van der Waals surface area (Å²) < 4.78 is 0. The Hall–Kier alpha value is -1.65. The van der Waals surface area contributed by atoms with E-state index in [2.05, 4.69) is 0 Å². The third kappa shape index (κ3) is 4.05. The molecule has 1 amide bonds. The van der Waals surface area contributed by atoms with Crippen molar-refractivity contribution in [3.8, 4) is 5.75 Å². The van der Waals surface area contributed by atoms with Crippen molar-refractivity contribution in [3.63, 3.8) is 0 Å². The first kappa shape index (κ1) is 17.2. The second kappa shape index (κ2) is 7.95. The average Bonchev–Trinajstić information content (AvgIpc) is 2.61. The molecule has 1 saturated heterocycles. The number of amides is 1. The highest BCUT2D eigenvalue weighted by Gasteiger charge is 2.24. The first-order valence-corrected chi connectivity index (χ1v) is 9.57. The van der Waals surface area contributed by atoms with Gasteiger partial charge in [-0.3, -0.25) is 4.79 Å². The van der Waals surface area contributed by atoms with Gasteiger partial charge in [-0.1, -0.05) is 41.9 Å². The van der Waals surface area contributed by atoms with Crippen LogP contribution in [0.25, 0.3) is 0 Å². The van der Waals surface area contributed by atoms with Crippen LogP contribution >= 0.6 is 23.4 Å². The Balaban J connectivity index is 1.90. The minimum absolute atomic E-state index is 0.142. The van der Waals surface area contributed by atoms with Gasteiger partial charge in [0.25, 0.3) is 0 Å². The Morgan fingerprint density at radius 2 is 1.92 bits per heavy atom. The summed E-state index contributed by atoms with van der Waals surface area (Å²) in [6.45, 7) is 1.61. The Morgan fingerprint density at radius 3 is 2.62 bits per heavy atom. The molecule has 0 aromatic heterocycles. The van der Waals surface area contributed by atoms with E-state index in [9.17, 15) is 9.90 Å². The van der Waals surface area contributed by atoms with Crippen molar-refractivity contribution in [1.29, 1.82) is 0 Å². The largest absolute Gasteiger partial charge is 0.508 e. The Labute approximate surface area is 151 Å². The number of benzene rings is 2. The molecule has 5 heteroatoms. The molecule has 0 spiro atoms. The Kier molecular flexibility index (Phi) is 5.69. The van der Waals surface area contributed by atoms with Gasteiger partial charge in [0.2, 0.25) is 5.91 Å². The number of aromatic hydroxyl groups is 1. The quantitative estimate of drug-likeness (QED) is 0.889. The number of hydrogen-bond acceptors (Lipinski definition) is 3. The van der Waals surface area contributed by atoms with E-state index in [0.29, 0.717) is 11.4 Å². The lowest BCUT2D eigenvalue weighted by molar-refractivity contribution is -0.131. The number of nitrogens with zero attached hydrogens (tertiary/aromatic N) is 1. The summed E-state index contributed by atoms with van der Waals surface area (Å²) >= 11 is 8.27. The number of phenols is 1. The number of carbonyl (C=O) groups is 1.